The van der Waals surface area contributed by atoms with Crippen LogP contribution < -0.4 is 20.9 Å². The van der Waals surface area contributed by atoms with Crippen molar-refractivity contribution >= 4 is 46.5 Å². The van der Waals surface area contributed by atoms with Crippen LogP contribution in [0.4, 0.5) is 0 Å². The Labute approximate surface area is 285 Å². The zero-order valence-electron chi connectivity index (χ0n) is 26.4. The third-order valence-corrected chi connectivity index (χ3v) is 9.90. The Hall–Kier alpha value is -3.84. The van der Waals surface area contributed by atoms with Crippen molar-refractivity contribution < 1.29 is 33.0 Å². The van der Waals surface area contributed by atoms with E-state index in [0.29, 0.717) is 11.8 Å². The molecule has 0 radical (unpaired) electrons. The second-order valence-electron chi connectivity index (χ2n) is 11.4. The van der Waals surface area contributed by atoms with Crippen molar-refractivity contribution in [3.63, 3.8) is 0 Å². The van der Waals surface area contributed by atoms with Gasteiger partial charge in [0.25, 0.3) is 5.56 Å². The maximum absolute atomic E-state index is 14.7. The van der Waals surface area contributed by atoms with Gasteiger partial charge in [-0.25, -0.2) is 9.36 Å². The number of carbonyl (C=O) groups excluding carboxylic acids is 1. The van der Waals surface area contributed by atoms with Crippen LogP contribution in [0.25, 0.3) is 16.8 Å². The molecule has 0 aliphatic carbocycles. The molecular weight excluding hydrogens is 705 g/mol. The van der Waals surface area contributed by atoms with E-state index in [4.69, 9.17) is 18.5 Å². The highest BCUT2D eigenvalue weighted by Gasteiger charge is 2.41. The molecular formula is C34H37BrN3O9P. The quantitative estimate of drug-likeness (QED) is 0.109. The number of aliphatic hydroxyl groups excluding tert-OH is 1. The molecule has 0 bridgehead atoms. The van der Waals surface area contributed by atoms with E-state index in [1.54, 1.807) is 12.1 Å². The molecule has 48 heavy (non-hydrogen) atoms. The predicted molar refractivity (Wildman–Crippen MR) is 185 cm³/mol. The van der Waals surface area contributed by atoms with Gasteiger partial charge < -0.3 is 19.1 Å². The number of nitrogens with zero attached hydrogens (tertiary/aromatic N) is 1. The Morgan fingerprint density at radius 2 is 1.88 bits per heavy atom. The topological polar surface area (TPSA) is 158 Å². The SMILES string of the molecule is CCC(C)[C@H](NP(=O)(OC[C@H]1O[C@@H](n2cc(/C=C/Br)c(=O)[nH]c2=O)C[C@@H]1O)Oc1cccc2ccccc12)C(=O)OCc1ccccc1. The number of hydrogen-bond donors (Lipinski definition) is 3. The lowest BCUT2D eigenvalue weighted by Crippen LogP contribution is -2.42. The Morgan fingerprint density at radius 3 is 2.62 bits per heavy atom. The molecule has 0 spiro atoms. The molecule has 0 saturated carbocycles. The third kappa shape index (κ3) is 8.59. The fraction of sp³-hybridized carbons (Fsp3) is 0.324. The summed E-state index contributed by atoms with van der Waals surface area (Å²) in [5.74, 6) is -0.724. The molecule has 1 fully saturated rings. The summed E-state index contributed by atoms with van der Waals surface area (Å²) in [5.41, 5.74) is -0.320. The molecule has 3 aromatic carbocycles. The summed E-state index contributed by atoms with van der Waals surface area (Å²) in [6.07, 6.45) is 0.199. The number of esters is 1. The Bertz CT molecular complexity index is 1910. The average molecular weight is 743 g/mol. The van der Waals surface area contributed by atoms with Crippen molar-refractivity contribution in [2.45, 2.75) is 57.8 Å². The fourth-order valence-corrected chi connectivity index (χ4v) is 7.17. The highest BCUT2D eigenvalue weighted by Crippen LogP contribution is 2.48. The first kappa shape index (κ1) is 35.5. The largest absolute Gasteiger partial charge is 0.460 e. The summed E-state index contributed by atoms with van der Waals surface area (Å²) < 4.78 is 39.5. The molecule has 14 heteroatoms. The molecule has 254 valence electrons. The summed E-state index contributed by atoms with van der Waals surface area (Å²) in [5, 5.41) is 15.2. The van der Waals surface area contributed by atoms with E-state index in [1.807, 2.05) is 74.5 Å². The number of rotatable bonds is 14. The van der Waals surface area contributed by atoms with E-state index in [2.05, 4.69) is 26.0 Å². The van der Waals surface area contributed by atoms with Gasteiger partial charge in [-0.1, -0.05) is 103 Å². The molecule has 5 rings (SSSR count). The zero-order chi connectivity index (χ0) is 34.3. The van der Waals surface area contributed by atoms with Gasteiger partial charge in [0.2, 0.25) is 0 Å². The summed E-state index contributed by atoms with van der Waals surface area (Å²) in [6, 6.07) is 20.8. The van der Waals surface area contributed by atoms with Crippen LogP contribution in [-0.2, 0) is 30.0 Å². The summed E-state index contributed by atoms with van der Waals surface area (Å²) in [7, 11) is -4.39. The summed E-state index contributed by atoms with van der Waals surface area (Å²) in [6.45, 7) is 3.30. The van der Waals surface area contributed by atoms with Crippen LogP contribution in [-0.4, -0.2) is 45.5 Å². The van der Waals surface area contributed by atoms with Crippen LogP contribution >= 0.6 is 23.7 Å². The summed E-state index contributed by atoms with van der Waals surface area (Å²) in [4.78, 5) is 41.9. The molecule has 1 aromatic heterocycles. The van der Waals surface area contributed by atoms with Crippen LogP contribution in [0.2, 0.25) is 0 Å². The number of carbonyl (C=O) groups is 1. The molecule has 12 nitrogen and oxygen atoms in total. The maximum Gasteiger partial charge on any atom is 0.459 e. The van der Waals surface area contributed by atoms with Crippen LogP contribution in [0.3, 0.4) is 0 Å². The molecule has 1 aliphatic heterocycles. The molecule has 6 atom stereocenters. The molecule has 4 aromatic rings. The molecule has 1 aliphatic rings. The van der Waals surface area contributed by atoms with Gasteiger partial charge in [0.15, 0.2) is 0 Å². The first-order chi connectivity index (χ1) is 23.1. The highest BCUT2D eigenvalue weighted by atomic mass is 79.9. The number of benzene rings is 3. The van der Waals surface area contributed by atoms with Crippen LogP contribution in [0.1, 0.15) is 44.0 Å². The molecule has 1 saturated heterocycles. The number of aromatic nitrogens is 2. The maximum atomic E-state index is 14.7. The van der Waals surface area contributed by atoms with Gasteiger partial charge in [0.05, 0.1) is 18.3 Å². The minimum atomic E-state index is -4.39. The van der Waals surface area contributed by atoms with Crippen molar-refractivity contribution in [3.05, 3.63) is 116 Å². The minimum absolute atomic E-state index is 0.0132. The lowest BCUT2D eigenvalue weighted by Gasteiger charge is -2.28. The molecule has 0 amide bonds. The normalized spacial score (nSPS) is 20.4. The van der Waals surface area contributed by atoms with Crippen molar-refractivity contribution in [1.29, 1.82) is 0 Å². The second kappa shape index (κ2) is 16.0. The number of fused-ring (bicyclic) bond motifs is 1. The number of hydrogen-bond acceptors (Lipinski definition) is 9. The van der Waals surface area contributed by atoms with Crippen molar-refractivity contribution in [3.8, 4) is 5.75 Å². The first-order valence-corrected chi connectivity index (χ1v) is 17.9. The average Bonchev–Trinajstić information content (AvgIpc) is 3.46. The van der Waals surface area contributed by atoms with E-state index >= 15 is 0 Å². The minimum Gasteiger partial charge on any atom is -0.460 e. The first-order valence-electron chi connectivity index (χ1n) is 15.5. The number of aromatic amines is 1. The molecule has 2 unspecified atom stereocenters. The molecule has 3 N–H and O–H groups in total. The standard InChI is InChI=1S/C34H37BrN3O9P/c1-3-22(2)31(33(41)44-20-23-10-5-4-6-11-23)37-48(43,47-28-15-9-13-24-12-7-8-14-26(24)28)45-21-29-27(39)18-30(46-29)38-19-25(16-17-35)32(40)36-34(38)42/h4-17,19,22,27,29-31,39H,3,18,20-21H2,1-2H3,(H,37,43)(H,36,40,42)/b17-16+/t22?,27-,29+,30+,31-,48?/m0/s1. The van der Waals surface area contributed by atoms with Gasteiger partial charge in [-0.3, -0.25) is 23.7 Å². The lowest BCUT2D eigenvalue weighted by molar-refractivity contribution is -0.148. The second-order valence-corrected chi connectivity index (χ2v) is 13.6. The highest BCUT2D eigenvalue weighted by molar-refractivity contribution is 9.11. The number of ether oxygens (including phenoxy) is 2. The van der Waals surface area contributed by atoms with Gasteiger partial charge >= 0.3 is 19.4 Å². The van der Waals surface area contributed by atoms with Crippen LogP contribution in [0.15, 0.2) is 93.6 Å². The number of nitrogens with one attached hydrogen (secondary N) is 2. The van der Waals surface area contributed by atoms with E-state index in [-0.39, 0.29) is 30.3 Å². The summed E-state index contributed by atoms with van der Waals surface area (Å²) >= 11 is 3.12. The van der Waals surface area contributed by atoms with Gasteiger partial charge in [-0.15, -0.1) is 0 Å². The lowest BCUT2D eigenvalue weighted by atomic mass is 10.0. The van der Waals surface area contributed by atoms with Crippen molar-refractivity contribution in [2.24, 2.45) is 5.92 Å². The fourth-order valence-electron chi connectivity index (χ4n) is 5.24. The Balaban J connectivity index is 1.40. The van der Waals surface area contributed by atoms with Gasteiger partial charge in [0, 0.05) is 18.0 Å². The third-order valence-electron chi connectivity index (χ3n) is 8.12. The number of halogens is 1. The Kier molecular flexibility index (Phi) is 11.9. The molecule has 2 heterocycles. The van der Waals surface area contributed by atoms with Gasteiger partial charge in [0.1, 0.15) is 30.7 Å². The number of aliphatic hydroxyl groups is 1. The van der Waals surface area contributed by atoms with Crippen molar-refractivity contribution in [2.75, 3.05) is 6.61 Å². The van der Waals surface area contributed by atoms with Crippen molar-refractivity contribution in [1.82, 2.24) is 14.6 Å². The van der Waals surface area contributed by atoms with E-state index in [0.717, 1.165) is 10.9 Å². The Morgan fingerprint density at radius 1 is 1.15 bits per heavy atom. The predicted octanol–water partition coefficient (Wildman–Crippen LogP) is 5.66. The van der Waals surface area contributed by atoms with Crippen LogP contribution in [0.5, 0.6) is 5.75 Å². The van der Waals surface area contributed by atoms with Gasteiger partial charge in [-0.05, 0) is 34.0 Å². The van der Waals surface area contributed by atoms with E-state index in [1.165, 1.54) is 21.8 Å². The van der Waals surface area contributed by atoms with E-state index < -0.39 is 56.0 Å². The van der Waals surface area contributed by atoms with E-state index in [9.17, 15) is 24.1 Å². The monoisotopic (exact) mass is 741 g/mol. The zero-order valence-corrected chi connectivity index (χ0v) is 28.8. The van der Waals surface area contributed by atoms with Crippen LogP contribution in [0, 0.1) is 5.92 Å². The van der Waals surface area contributed by atoms with Gasteiger partial charge in [-0.2, -0.15) is 5.09 Å². The smallest absolute Gasteiger partial charge is 0.459 e. The number of H-pyrrole nitrogens is 1.